The molecule has 0 radical (unpaired) electrons. The molecule has 0 saturated carbocycles. The standard InChI is InChI=1S/C31H43N3O7/c1-8-20(2)26(33-30(37)41-31(3,4)5)18-34-17-22-15-25(40-19-28(35)39-7)12-9-21(22)16-27(34)29(36)32-23-10-13-24(38-6)14-11-23/h9-15,20,26-27H,8,16-19H2,1-7H3,(H,32,36)(H,33,37)/t20-,26+,27-/m0/s1. The molecule has 0 saturated heterocycles. The second-order valence-corrected chi connectivity index (χ2v) is 11.3. The molecule has 224 valence electrons. The molecule has 1 aliphatic heterocycles. The maximum absolute atomic E-state index is 13.7. The van der Waals surface area contributed by atoms with Gasteiger partial charge in [-0.25, -0.2) is 9.59 Å². The quantitative estimate of drug-likeness (QED) is 0.379. The Bertz CT molecular complexity index is 1190. The lowest BCUT2D eigenvalue weighted by molar-refractivity contribution is -0.142. The molecule has 41 heavy (non-hydrogen) atoms. The highest BCUT2D eigenvalue weighted by atomic mass is 16.6. The van der Waals surface area contributed by atoms with Gasteiger partial charge < -0.3 is 29.6 Å². The van der Waals surface area contributed by atoms with Crippen molar-refractivity contribution in [2.75, 3.05) is 32.7 Å². The number of rotatable bonds is 11. The Kier molecular flexibility index (Phi) is 11.0. The number of hydrogen-bond acceptors (Lipinski definition) is 8. The van der Waals surface area contributed by atoms with E-state index >= 15 is 0 Å². The second kappa shape index (κ2) is 14.2. The Morgan fingerprint density at radius 2 is 1.71 bits per heavy atom. The molecule has 3 rings (SSSR count). The number of anilines is 1. The smallest absolute Gasteiger partial charge is 0.407 e. The number of fused-ring (bicyclic) bond motifs is 1. The number of benzene rings is 2. The van der Waals surface area contributed by atoms with E-state index in [9.17, 15) is 14.4 Å². The van der Waals surface area contributed by atoms with Crippen LogP contribution in [-0.2, 0) is 32.0 Å². The van der Waals surface area contributed by atoms with Crippen molar-refractivity contribution in [1.82, 2.24) is 10.2 Å². The fourth-order valence-electron chi connectivity index (χ4n) is 4.62. The van der Waals surface area contributed by atoms with Gasteiger partial charge in [0.25, 0.3) is 0 Å². The highest BCUT2D eigenvalue weighted by Gasteiger charge is 2.35. The fraction of sp³-hybridized carbons (Fsp3) is 0.516. The maximum atomic E-state index is 13.7. The number of hydrogen-bond donors (Lipinski definition) is 2. The van der Waals surface area contributed by atoms with E-state index in [0.29, 0.717) is 36.7 Å². The first kappa shape index (κ1) is 31.7. The predicted octanol–water partition coefficient (Wildman–Crippen LogP) is 4.55. The third-order valence-electron chi connectivity index (χ3n) is 7.11. The first-order chi connectivity index (χ1) is 19.4. The van der Waals surface area contributed by atoms with Crippen molar-refractivity contribution in [3.63, 3.8) is 0 Å². The molecule has 1 heterocycles. The number of ether oxygens (including phenoxy) is 4. The number of alkyl carbamates (subject to hydrolysis) is 1. The fourth-order valence-corrected chi connectivity index (χ4v) is 4.62. The molecule has 0 aliphatic carbocycles. The van der Waals surface area contributed by atoms with E-state index in [0.717, 1.165) is 17.5 Å². The predicted molar refractivity (Wildman–Crippen MR) is 156 cm³/mol. The molecule has 2 aromatic carbocycles. The Labute approximate surface area is 242 Å². The summed E-state index contributed by atoms with van der Waals surface area (Å²) in [5.74, 6) is 0.756. The van der Waals surface area contributed by atoms with Gasteiger partial charge in [-0.1, -0.05) is 26.3 Å². The molecular weight excluding hydrogens is 526 g/mol. The summed E-state index contributed by atoms with van der Waals surface area (Å²) in [6.45, 7) is 10.3. The molecule has 2 amide bonds. The van der Waals surface area contributed by atoms with Crippen LogP contribution in [0.4, 0.5) is 10.5 Å². The van der Waals surface area contributed by atoms with Crippen molar-refractivity contribution in [3.8, 4) is 11.5 Å². The van der Waals surface area contributed by atoms with Crippen molar-refractivity contribution in [2.24, 2.45) is 5.92 Å². The summed E-state index contributed by atoms with van der Waals surface area (Å²) in [6, 6.07) is 12.1. The average Bonchev–Trinajstić information content (AvgIpc) is 2.93. The largest absolute Gasteiger partial charge is 0.497 e. The van der Waals surface area contributed by atoms with E-state index in [1.54, 1.807) is 37.4 Å². The van der Waals surface area contributed by atoms with Gasteiger partial charge in [0.05, 0.1) is 20.3 Å². The molecule has 0 spiro atoms. The van der Waals surface area contributed by atoms with Gasteiger partial charge in [-0.05, 0) is 80.6 Å². The van der Waals surface area contributed by atoms with Gasteiger partial charge in [0.2, 0.25) is 5.91 Å². The number of carbonyl (C=O) groups is 3. The van der Waals surface area contributed by atoms with Crippen LogP contribution in [0.3, 0.4) is 0 Å². The second-order valence-electron chi connectivity index (χ2n) is 11.3. The number of esters is 1. The Hall–Kier alpha value is -3.79. The zero-order valence-corrected chi connectivity index (χ0v) is 25.1. The molecule has 0 fully saturated rings. The molecule has 0 bridgehead atoms. The van der Waals surface area contributed by atoms with E-state index in [1.165, 1.54) is 7.11 Å². The number of nitrogens with zero attached hydrogens (tertiary/aromatic N) is 1. The Morgan fingerprint density at radius 3 is 2.32 bits per heavy atom. The highest BCUT2D eigenvalue weighted by Crippen LogP contribution is 2.29. The van der Waals surface area contributed by atoms with Crippen molar-refractivity contribution in [3.05, 3.63) is 53.6 Å². The summed E-state index contributed by atoms with van der Waals surface area (Å²) in [6.07, 6.45) is 0.811. The van der Waals surface area contributed by atoms with E-state index in [2.05, 4.69) is 34.1 Å². The summed E-state index contributed by atoms with van der Waals surface area (Å²) in [7, 11) is 2.91. The lowest BCUT2D eigenvalue weighted by atomic mass is 9.91. The summed E-state index contributed by atoms with van der Waals surface area (Å²) < 4.78 is 21.1. The van der Waals surface area contributed by atoms with Crippen molar-refractivity contribution in [1.29, 1.82) is 0 Å². The van der Waals surface area contributed by atoms with Gasteiger partial charge in [-0.15, -0.1) is 0 Å². The molecule has 2 aromatic rings. The number of nitrogens with one attached hydrogen (secondary N) is 2. The Balaban J connectivity index is 1.87. The SMILES string of the molecule is CC[C@H](C)[C@@H](CN1Cc2cc(OCC(=O)OC)ccc2C[C@H]1C(=O)Nc1ccc(OC)cc1)NC(=O)OC(C)(C)C. The van der Waals surface area contributed by atoms with Gasteiger partial charge in [-0.2, -0.15) is 0 Å². The van der Waals surface area contributed by atoms with Gasteiger partial charge in [-0.3, -0.25) is 9.69 Å². The van der Waals surface area contributed by atoms with Gasteiger partial charge in [0.1, 0.15) is 17.1 Å². The minimum atomic E-state index is -0.629. The zero-order chi connectivity index (χ0) is 30.2. The lowest BCUT2D eigenvalue weighted by Crippen LogP contribution is -2.55. The van der Waals surface area contributed by atoms with E-state index < -0.39 is 23.7 Å². The topological polar surface area (TPSA) is 115 Å². The van der Waals surface area contributed by atoms with Crippen LogP contribution >= 0.6 is 0 Å². The molecule has 0 aromatic heterocycles. The number of carbonyl (C=O) groups excluding carboxylic acids is 3. The van der Waals surface area contributed by atoms with Gasteiger partial charge in [0.15, 0.2) is 6.61 Å². The van der Waals surface area contributed by atoms with E-state index in [1.807, 2.05) is 32.9 Å². The van der Waals surface area contributed by atoms with Gasteiger partial charge >= 0.3 is 12.1 Å². The molecule has 0 unspecified atom stereocenters. The average molecular weight is 570 g/mol. The summed E-state index contributed by atoms with van der Waals surface area (Å²) >= 11 is 0. The molecule has 2 N–H and O–H groups in total. The number of methoxy groups -OCH3 is 2. The lowest BCUT2D eigenvalue weighted by Gasteiger charge is -2.39. The first-order valence-corrected chi connectivity index (χ1v) is 13.9. The minimum absolute atomic E-state index is 0.129. The molecule has 10 heteroatoms. The van der Waals surface area contributed by atoms with Crippen LogP contribution < -0.4 is 20.1 Å². The van der Waals surface area contributed by atoms with E-state index in [-0.39, 0.29) is 24.5 Å². The van der Waals surface area contributed by atoms with Crippen LogP contribution in [0.15, 0.2) is 42.5 Å². The highest BCUT2D eigenvalue weighted by molar-refractivity contribution is 5.95. The monoisotopic (exact) mass is 569 g/mol. The molecule has 3 atom stereocenters. The third-order valence-corrected chi connectivity index (χ3v) is 7.11. The van der Waals surface area contributed by atoms with Crippen LogP contribution in [0.5, 0.6) is 11.5 Å². The molecule has 1 aliphatic rings. The van der Waals surface area contributed by atoms with Crippen LogP contribution in [0.25, 0.3) is 0 Å². The first-order valence-electron chi connectivity index (χ1n) is 13.9. The summed E-state index contributed by atoms with van der Waals surface area (Å²) in [5, 5.41) is 6.08. The van der Waals surface area contributed by atoms with Crippen molar-refractivity contribution < 1.29 is 33.3 Å². The van der Waals surface area contributed by atoms with Crippen molar-refractivity contribution >= 4 is 23.7 Å². The maximum Gasteiger partial charge on any atom is 0.407 e. The summed E-state index contributed by atoms with van der Waals surface area (Å²) in [4.78, 5) is 40.1. The van der Waals surface area contributed by atoms with Gasteiger partial charge in [0, 0.05) is 24.8 Å². The zero-order valence-electron chi connectivity index (χ0n) is 25.1. The van der Waals surface area contributed by atoms with Crippen LogP contribution in [0, 0.1) is 5.92 Å². The Morgan fingerprint density at radius 1 is 1.02 bits per heavy atom. The van der Waals surface area contributed by atoms with Crippen LogP contribution in [0.2, 0.25) is 0 Å². The number of amides is 2. The normalized spacial score (nSPS) is 16.5. The van der Waals surface area contributed by atoms with Crippen LogP contribution in [0.1, 0.15) is 52.2 Å². The third kappa shape index (κ3) is 9.38. The van der Waals surface area contributed by atoms with Crippen molar-refractivity contribution in [2.45, 2.75) is 71.7 Å². The molecular formula is C31H43N3O7. The molecule has 10 nitrogen and oxygen atoms in total. The minimum Gasteiger partial charge on any atom is -0.497 e. The van der Waals surface area contributed by atoms with E-state index in [4.69, 9.17) is 14.2 Å². The summed E-state index contributed by atoms with van der Waals surface area (Å²) in [5.41, 5.74) is 2.04. The van der Waals surface area contributed by atoms with Crippen LogP contribution in [-0.4, -0.2) is 67.9 Å².